The zero-order chi connectivity index (χ0) is 7.68. The highest BCUT2D eigenvalue weighted by atomic mass is 16.3. The van der Waals surface area contributed by atoms with Gasteiger partial charge in [-0.2, -0.15) is 0 Å². The number of aliphatic hydroxyl groups excluding tert-OH is 1. The van der Waals surface area contributed by atoms with E-state index < -0.39 is 0 Å². The van der Waals surface area contributed by atoms with E-state index in [1.54, 1.807) is 6.08 Å². The van der Waals surface area contributed by atoms with E-state index in [1.807, 2.05) is 30.3 Å². The summed E-state index contributed by atoms with van der Waals surface area (Å²) in [7, 11) is 0. The number of fused-ring (bicyclic) bond motifs is 1. The molecular formula is C10H7O+. The maximum Gasteiger partial charge on any atom is 0.256 e. The van der Waals surface area contributed by atoms with Gasteiger partial charge in [-0.05, 0) is 18.2 Å². The minimum Gasteiger partial charge on any atom is -0.486 e. The van der Waals surface area contributed by atoms with Gasteiger partial charge >= 0.3 is 0 Å². The van der Waals surface area contributed by atoms with E-state index in [0.717, 1.165) is 11.1 Å². The first-order chi connectivity index (χ1) is 5.36. The molecule has 1 aromatic carbocycles. The van der Waals surface area contributed by atoms with Crippen LogP contribution in [0.4, 0.5) is 0 Å². The van der Waals surface area contributed by atoms with Crippen molar-refractivity contribution in [3.8, 4) is 0 Å². The van der Waals surface area contributed by atoms with Crippen LogP contribution >= 0.6 is 0 Å². The van der Waals surface area contributed by atoms with Gasteiger partial charge in [0.05, 0.1) is 17.7 Å². The summed E-state index contributed by atoms with van der Waals surface area (Å²) in [6.45, 7) is 0. The lowest BCUT2D eigenvalue weighted by molar-refractivity contribution is 0.429. The zero-order valence-electron chi connectivity index (χ0n) is 5.91. The average molecular weight is 143 g/mol. The third-order valence-corrected chi connectivity index (χ3v) is 1.64. The maximum absolute atomic E-state index is 9.07. The molecule has 1 aliphatic rings. The minimum absolute atomic E-state index is 0.198. The Bertz CT molecular complexity index is 334. The van der Waals surface area contributed by atoms with E-state index >= 15 is 0 Å². The zero-order valence-corrected chi connectivity index (χ0v) is 5.91. The largest absolute Gasteiger partial charge is 0.486 e. The first-order valence-corrected chi connectivity index (χ1v) is 3.46. The summed E-state index contributed by atoms with van der Waals surface area (Å²) in [5, 5.41) is 9.07. The van der Waals surface area contributed by atoms with E-state index in [-0.39, 0.29) is 5.76 Å². The van der Waals surface area contributed by atoms with Crippen LogP contribution in [0.2, 0.25) is 0 Å². The van der Waals surface area contributed by atoms with Crippen LogP contribution in [0.1, 0.15) is 11.1 Å². The van der Waals surface area contributed by atoms with Crippen molar-refractivity contribution in [1.82, 2.24) is 0 Å². The molecule has 1 heteroatoms. The van der Waals surface area contributed by atoms with Gasteiger partial charge in [-0.25, -0.2) is 0 Å². The summed E-state index contributed by atoms with van der Waals surface area (Å²) in [5.41, 5.74) is 2.05. The van der Waals surface area contributed by atoms with Gasteiger partial charge in [-0.3, -0.25) is 0 Å². The quantitative estimate of drug-likeness (QED) is 0.552. The average Bonchev–Trinajstić information content (AvgIpc) is 2.04. The van der Waals surface area contributed by atoms with E-state index in [2.05, 4.69) is 6.08 Å². The number of benzene rings is 1. The molecular weight excluding hydrogens is 136 g/mol. The second-order valence-electron chi connectivity index (χ2n) is 2.43. The molecule has 0 saturated carbocycles. The molecule has 1 aromatic rings. The van der Waals surface area contributed by atoms with Crippen molar-refractivity contribution in [3.63, 3.8) is 0 Å². The van der Waals surface area contributed by atoms with Crippen LogP contribution in [0.3, 0.4) is 0 Å². The third-order valence-electron chi connectivity index (χ3n) is 1.64. The molecule has 11 heavy (non-hydrogen) atoms. The van der Waals surface area contributed by atoms with Crippen molar-refractivity contribution in [2.24, 2.45) is 0 Å². The predicted molar refractivity (Wildman–Crippen MR) is 44.0 cm³/mol. The molecule has 52 valence electrons. The highest BCUT2D eigenvalue weighted by Crippen LogP contribution is 2.17. The van der Waals surface area contributed by atoms with Gasteiger partial charge in [0, 0.05) is 12.1 Å². The summed E-state index contributed by atoms with van der Waals surface area (Å²) >= 11 is 0. The Kier molecular flexibility index (Phi) is 1.24. The number of rotatable bonds is 0. The molecule has 0 fully saturated rings. The molecule has 0 aliphatic heterocycles. The van der Waals surface area contributed by atoms with Crippen LogP contribution in [-0.2, 0) is 0 Å². The normalized spacial score (nSPS) is 13.3. The van der Waals surface area contributed by atoms with Crippen LogP contribution in [0.5, 0.6) is 0 Å². The van der Waals surface area contributed by atoms with Crippen molar-refractivity contribution < 1.29 is 5.11 Å². The first kappa shape index (κ1) is 6.14. The smallest absolute Gasteiger partial charge is 0.256 e. The topological polar surface area (TPSA) is 20.2 Å². The first-order valence-electron chi connectivity index (χ1n) is 3.46. The van der Waals surface area contributed by atoms with Gasteiger partial charge in [0.2, 0.25) is 0 Å². The van der Waals surface area contributed by atoms with Crippen LogP contribution in [0, 0.1) is 6.08 Å². The Morgan fingerprint density at radius 1 is 1.09 bits per heavy atom. The number of hydrogen-bond donors (Lipinski definition) is 1. The Balaban J connectivity index is 2.61. The second-order valence-corrected chi connectivity index (χ2v) is 2.43. The lowest BCUT2D eigenvalue weighted by atomic mass is 10.0. The molecule has 0 saturated heterocycles. The van der Waals surface area contributed by atoms with Gasteiger partial charge in [-0.15, -0.1) is 0 Å². The lowest BCUT2D eigenvalue weighted by Gasteiger charge is -1.95. The summed E-state index contributed by atoms with van der Waals surface area (Å²) in [4.78, 5) is 0. The standard InChI is InChI=1S/C10H6O/c11-10-6-5-8-3-1-2-4-9(8)7-10/h1-6H/p+1. The van der Waals surface area contributed by atoms with Gasteiger partial charge in [0.1, 0.15) is 0 Å². The number of allylic oxidation sites excluding steroid dienone is 1. The molecule has 0 spiro atoms. The summed E-state index contributed by atoms with van der Waals surface area (Å²) in [5.74, 6) is 0.198. The highest BCUT2D eigenvalue weighted by molar-refractivity contribution is 5.61. The fourth-order valence-electron chi connectivity index (χ4n) is 1.10. The Morgan fingerprint density at radius 3 is 2.82 bits per heavy atom. The lowest BCUT2D eigenvalue weighted by Crippen LogP contribution is -1.88. The van der Waals surface area contributed by atoms with E-state index in [4.69, 9.17) is 5.11 Å². The van der Waals surface area contributed by atoms with Crippen LogP contribution in [0.15, 0.2) is 36.1 Å². The third kappa shape index (κ3) is 1.02. The number of aliphatic hydroxyl groups is 1. The molecule has 0 unspecified atom stereocenters. The Hall–Kier alpha value is -1.59. The molecule has 0 atom stereocenters. The molecule has 2 rings (SSSR count). The molecule has 1 aliphatic carbocycles. The number of hydrogen-bond acceptors (Lipinski definition) is 1. The summed E-state index contributed by atoms with van der Waals surface area (Å²) < 4.78 is 0. The van der Waals surface area contributed by atoms with Crippen LogP contribution in [0.25, 0.3) is 6.08 Å². The summed E-state index contributed by atoms with van der Waals surface area (Å²) in [6, 6.07) is 7.81. The Labute approximate surface area is 65.3 Å². The molecule has 1 nitrogen and oxygen atoms in total. The maximum atomic E-state index is 9.07. The van der Waals surface area contributed by atoms with Crippen molar-refractivity contribution in [1.29, 1.82) is 0 Å². The van der Waals surface area contributed by atoms with Crippen molar-refractivity contribution in [2.45, 2.75) is 0 Å². The van der Waals surface area contributed by atoms with Crippen LogP contribution < -0.4 is 0 Å². The van der Waals surface area contributed by atoms with Gasteiger partial charge in [0.25, 0.3) is 5.76 Å². The van der Waals surface area contributed by atoms with Gasteiger partial charge in [-0.1, -0.05) is 0 Å². The van der Waals surface area contributed by atoms with E-state index in [1.165, 1.54) is 0 Å². The molecule has 0 aromatic heterocycles. The fourth-order valence-corrected chi connectivity index (χ4v) is 1.10. The molecule has 0 heterocycles. The monoisotopic (exact) mass is 143 g/mol. The SMILES string of the molecule is OC1=[C+]c2ccccc2C=C1. The highest BCUT2D eigenvalue weighted by Gasteiger charge is 2.11. The van der Waals surface area contributed by atoms with Crippen molar-refractivity contribution in [3.05, 3.63) is 53.3 Å². The van der Waals surface area contributed by atoms with Gasteiger partial charge < -0.3 is 5.11 Å². The Morgan fingerprint density at radius 2 is 1.91 bits per heavy atom. The van der Waals surface area contributed by atoms with E-state index in [9.17, 15) is 0 Å². The predicted octanol–water partition coefficient (Wildman–Crippen LogP) is 2.31. The van der Waals surface area contributed by atoms with Crippen molar-refractivity contribution >= 4 is 6.08 Å². The van der Waals surface area contributed by atoms with Gasteiger partial charge in [0.15, 0.2) is 5.56 Å². The van der Waals surface area contributed by atoms with E-state index in [0.29, 0.717) is 0 Å². The second kappa shape index (κ2) is 2.22. The summed E-state index contributed by atoms with van der Waals surface area (Å²) in [6.07, 6.45) is 6.36. The minimum atomic E-state index is 0.198. The fraction of sp³-hybridized carbons (Fsp3) is 0. The molecule has 0 bridgehead atoms. The molecule has 1 N–H and O–H groups in total. The molecule has 0 radical (unpaired) electrons. The molecule has 0 amide bonds. The van der Waals surface area contributed by atoms with Crippen LogP contribution in [-0.4, -0.2) is 5.11 Å². The van der Waals surface area contributed by atoms with Crippen molar-refractivity contribution in [2.75, 3.05) is 0 Å².